The van der Waals surface area contributed by atoms with E-state index in [4.69, 9.17) is 28.4 Å². The Labute approximate surface area is 388 Å². The second-order valence-corrected chi connectivity index (χ2v) is 17.1. The van der Waals surface area contributed by atoms with Gasteiger partial charge in [0.2, 0.25) is 11.6 Å². The summed E-state index contributed by atoms with van der Waals surface area (Å²) in [5.74, 6) is -10.1. The molecule has 9 atom stereocenters. The van der Waals surface area contributed by atoms with Crippen molar-refractivity contribution in [1.29, 1.82) is 0 Å². The quantitative estimate of drug-likeness (QED) is 0.145. The van der Waals surface area contributed by atoms with Gasteiger partial charge in [0.15, 0.2) is 0 Å². The molecular formula is C51H56N2O14. The van der Waals surface area contributed by atoms with E-state index in [0.717, 1.165) is 6.26 Å². The second-order valence-electron chi connectivity index (χ2n) is 17.1. The molecule has 16 heteroatoms. The fraction of sp³-hybridized carbons (Fsp3) is 0.373. The van der Waals surface area contributed by atoms with Gasteiger partial charge in [-0.15, -0.1) is 0 Å². The lowest BCUT2D eigenvalue weighted by molar-refractivity contribution is -0.160. The summed E-state index contributed by atoms with van der Waals surface area (Å²) in [4.78, 5) is 85.4. The number of carbonyl (C=O) groups is 6. The maximum absolute atomic E-state index is 15.2. The van der Waals surface area contributed by atoms with Crippen LogP contribution in [-0.4, -0.2) is 89.8 Å². The summed E-state index contributed by atoms with van der Waals surface area (Å²) in [6.45, 7) is 12.3. The largest absolute Gasteiger partial charge is 0.497 e. The zero-order valence-electron chi connectivity index (χ0n) is 39.0. The number of ether oxygens (including phenoxy) is 6. The van der Waals surface area contributed by atoms with E-state index in [1.165, 1.54) is 72.3 Å². The van der Waals surface area contributed by atoms with Crippen LogP contribution in [-0.2, 0) is 23.8 Å². The third-order valence-electron chi connectivity index (χ3n) is 12.5. The Kier molecular flexibility index (Phi) is 15.0. The molecule has 0 fully saturated rings. The SMILES string of the molecule is COc1ccc(NC2=C3NC(=O)/C(C)=C\C=C\[C@H](C)[C@H](O)[C@@H](C)[C@H](O)[C@H](C)[C@H](OC(C)=O)[C@H](C)[C@@H](OC)/C=C/O[C@@]4(C)Oc5c(C)c(OC(=O)c6ccccc6)c(c(c5C4=O)C2=O)C3=O)cc1. The standard InChI is InChI=1S/C51H56N2O14/c1-25-15-14-16-26(2)49(60)53-40-39(52-33-19-21-34(62-9)22-20-33)43(57)36-37(44(40)58)46(66-50(61)32-17-12-11-13-18-32)30(6)47-38(36)48(59)51(8,67-47)64-24-23-35(63-10)27(3)45(65-31(7)54)29(5)42(56)28(4)41(25)55/h11-25,27-29,35,41-42,45,52,55-56H,1-10H3,(H,53,60)/b15-14+,24-23+,26-16-/t25-,27+,28+,29-,35-,41-,42-,45+,51-/m0/s1. The molecule has 1 amide bonds. The third-order valence-corrected chi connectivity index (χ3v) is 12.5. The van der Waals surface area contributed by atoms with Gasteiger partial charge in [0, 0.05) is 61.5 Å². The number of hydrogen-bond donors (Lipinski definition) is 4. The number of aliphatic hydroxyl groups is 2. The number of fused-ring (bicyclic) bond motifs is 14. The molecule has 0 spiro atoms. The van der Waals surface area contributed by atoms with Gasteiger partial charge in [-0.25, -0.2) is 4.79 Å². The summed E-state index contributed by atoms with van der Waals surface area (Å²) in [5.41, 5.74) is -1.73. The lowest BCUT2D eigenvalue weighted by atomic mass is 9.78. The van der Waals surface area contributed by atoms with Crippen molar-refractivity contribution in [2.45, 2.75) is 85.6 Å². The first-order valence-electron chi connectivity index (χ1n) is 21.8. The number of hydrogen-bond acceptors (Lipinski definition) is 15. The first-order valence-corrected chi connectivity index (χ1v) is 21.8. The van der Waals surface area contributed by atoms with E-state index in [9.17, 15) is 29.4 Å². The van der Waals surface area contributed by atoms with Gasteiger partial charge >= 0.3 is 17.7 Å². The molecule has 5 bridgehead atoms. The number of benzene rings is 3. The predicted molar refractivity (Wildman–Crippen MR) is 245 cm³/mol. The molecule has 67 heavy (non-hydrogen) atoms. The molecule has 3 aromatic carbocycles. The van der Waals surface area contributed by atoms with E-state index in [1.54, 1.807) is 76.2 Å². The highest BCUT2D eigenvalue weighted by Crippen LogP contribution is 2.49. The van der Waals surface area contributed by atoms with Crippen LogP contribution in [0.2, 0.25) is 0 Å². The fourth-order valence-electron chi connectivity index (χ4n) is 8.47. The maximum Gasteiger partial charge on any atom is 0.343 e. The Bertz CT molecular complexity index is 2580. The van der Waals surface area contributed by atoms with Gasteiger partial charge < -0.3 is 49.3 Å². The predicted octanol–water partition coefficient (Wildman–Crippen LogP) is 6.59. The number of anilines is 1. The molecule has 0 saturated carbocycles. The van der Waals surface area contributed by atoms with Crippen LogP contribution in [0.25, 0.3) is 0 Å². The molecule has 0 saturated heterocycles. The van der Waals surface area contributed by atoms with Gasteiger partial charge in [0.25, 0.3) is 11.7 Å². The molecule has 0 aromatic heterocycles. The molecule has 4 aliphatic rings. The topological polar surface area (TPSA) is 222 Å². The summed E-state index contributed by atoms with van der Waals surface area (Å²) < 4.78 is 35.1. The van der Waals surface area contributed by atoms with Crippen LogP contribution < -0.4 is 24.8 Å². The molecule has 3 heterocycles. The van der Waals surface area contributed by atoms with E-state index in [2.05, 4.69) is 10.6 Å². The number of methoxy groups -OCH3 is 2. The molecule has 3 aromatic rings. The highest BCUT2D eigenvalue weighted by Gasteiger charge is 2.53. The highest BCUT2D eigenvalue weighted by atomic mass is 16.7. The fourth-order valence-corrected chi connectivity index (χ4v) is 8.47. The minimum Gasteiger partial charge on any atom is -0.497 e. The average Bonchev–Trinajstić information content (AvgIpc) is 3.58. The van der Waals surface area contributed by atoms with E-state index in [0.29, 0.717) is 11.4 Å². The van der Waals surface area contributed by atoms with Crippen molar-refractivity contribution in [1.82, 2.24) is 5.32 Å². The number of ketones is 3. The van der Waals surface area contributed by atoms with Gasteiger partial charge in [-0.2, -0.15) is 0 Å². The van der Waals surface area contributed by atoms with E-state index in [1.807, 2.05) is 0 Å². The Hall–Kier alpha value is -6.88. The third kappa shape index (κ3) is 9.97. The van der Waals surface area contributed by atoms with Crippen molar-refractivity contribution in [3.63, 3.8) is 0 Å². The number of carbonyl (C=O) groups excluding carboxylic acids is 6. The van der Waals surface area contributed by atoms with Crippen molar-refractivity contribution in [3.05, 3.63) is 130 Å². The summed E-state index contributed by atoms with van der Waals surface area (Å²) >= 11 is 0. The lowest BCUT2D eigenvalue weighted by Gasteiger charge is -2.38. The number of Topliss-reactive ketones (excluding diaryl/α,β-unsaturated/α-hetero) is 3. The van der Waals surface area contributed by atoms with E-state index >= 15 is 9.59 Å². The number of esters is 2. The van der Waals surface area contributed by atoms with Gasteiger partial charge in [0.05, 0.1) is 53.9 Å². The van der Waals surface area contributed by atoms with Crippen LogP contribution in [0.15, 0.2) is 102 Å². The van der Waals surface area contributed by atoms with Crippen molar-refractivity contribution in [3.8, 4) is 17.2 Å². The van der Waals surface area contributed by atoms with Crippen molar-refractivity contribution < 1.29 is 67.4 Å². The van der Waals surface area contributed by atoms with E-state index in [-0.39, 0.29) is 28.0 Å². The number of nitrogens with one attached hydrogen (secondary N) is 2. The van der Waals surface area contributed by atoms with Gasteiger partial charge in [-0.05, 0) is 56.3 Å². The van der Waals surface area contributed by atoms with Gasteiger partial charge in [-0.3, -0.25) is 24.0 Å². The lowest BCUT2D eigenvalue weighted by Crippen LogP contribution is -2.46. The molecule has 1 aliphatic carbocycles. The Morgan fingerprint density at radius 2 is 1.49 bits per heavy atom. The summed E-state index contributed by atoms with van der Waals surface area (Å²) in [7, 11) is 2.89. The van der Waals surface area contributed by atoms with Crippen LogP contribution in [0.3, 0.4) is 0 Å². The molecule has 3 aliphatic heterocycles. The second kappa shape index (κ2) is 20.3. The number of rotatable bonds is 7. The van der Waals surface area contributed by atoms with Crippen molar-refractivity contribution in [2.24, 2.45) is 23.7 Å². The van der Waals surface area contributed by atoms with Crippen LogP contribution >= 0.6 is 0 Å². The van der Waals surface area contributed by atoms with Crippen molar-refractivity contribution in [2.75, 3.05) is 19.5 Å². The van der Waals surface area contributed by atoms with E-state index < -0.39 is 117 Å². The Balaban J connectivity index is 1.57. The molecule has 0 radical (unpaired) electrons. The summed E-state index contributed by atoms with van der Waals surface area (Å²) in [6.07, 6.45) is 3.15. The van der Waals surface area contributed by atoms with Gasteiger partial charge in [-0.1, -0.05) is 64.1 Å². The zero-order chi connectivity index (χ0) is 49.1. The minimum atomic E-state index is -2.18. The zero-order valence-corrected chi connectivity index (χ0v) is 39.0. The smallest absolute Gasteiger partial charge is 0.343 e. The summed E-state index contributed by atoms with van der Waals surface area (Å²) in [5, 5.41) is 28.6. The molecular weight excluding hydrogens is 865 g/mol. The highest BCUT2D eigenvalue weighted by molar-refractivity contribution is 6.33. The van der Waals surface area contributed by atoms with Crippen LogP contribution in [0, 0.1) is 30.6 Å². The maximum atomic E-state index is 15.2. The van der Waals surface area contributed by atoms with Gasteiger partial charge in [0.1, 0.15) is 34.7 Å². The number of allylic oxidation sites excluding steroid dienone is 4. The molecule has 0 unspecified atom stereocenters. The Morgan fingerprint density at radius 1 is 0.821 bits per heavy atom. The van der Waals surface area contributed by atoms with Crippen LogP contribution in [0.4, 0.5) is 5.69 Å². The minimum absolute atomic E-state index is 0.00138. The number of aliphatic hydroxyl groups excluding tert-OH is 2. The first-order chi connectivity index (χ1) is 31.7. The first kappa shape index (κ1) is 49.6. The molecule has 16 nitrogen and oxygen atoms in total. The molecule has 4 N–H and O–H groups in total. The normalized spacial score (nSPS) is 28.6. The molecule has 354 valence electrons. The molecule has 7 rings (SSSR count). The monoisotopic (exact) mass is 920 g/mol. The number of amides is 1. The van der Waals surface area contributed by atoms with Crippen LogP contribution in [0.5, 0.6) is 17.2 Å². The Morgan fingerprint density at radius 3 is 2.12 bits per heavy atom. The summed E-state index contributed by atoms with van der Waals surface area (Å²) in [6, 6.07) is 14.3. The van der Waals surface area contributed by atoms with Crippen LogP contribution in [0.1, 0.15) is 95.5 Å². The van der Waals surface area contributed by atoms with Crippen molar-refractivity contribution >= 4 is 40.9 Å². The average molecular weight is 921 g/mol.